The molecule has 0 spiro atoms. The van der Waals surface area contributed by atoms with Gasteiger partial charge in [-0.2, -0.15) is 10.2 Å². The molecule has 2 aliphatic rings. The highest BCUT2D eigenvalue weighted by molar-refractivity contribution is 6.06. The van der Waals surface area contributed by atoms with Crippen LogP contribution in [-0.4, -0.2) is 28.6 Å². The van der Waals surface area contributed by atoms with E-state index in [1.807, 2.05) is 25.1 Å². The molecule has 1 aliphatic carbocycles. The van der Waals surface area contributed by atoms with Crippen LogP contribution in [0.5, 0.6) is 0 Å². The van der Waals surface area contributed by atoms with E-state index in [-0.39, 0.29) is 24.0 Å². The average Bonchev–Trinajstić information content (AvgIpc) is 2.77. The van der Waals surface area contributed by atoms with E-state index in [0.29, 0.717) is 6.54 Å². The maximum absolute atomic E-state index is 12.8. The summed E-state index contributed by atoms with van der Waals surface area (Å²) in [5.74, 6) is 0.177. The van der Waals surface area contributed by atoms with Gasteiger partial charge in [0.05, 0.1) is 17.3 Å². The minimum atomic E-state index is -0.380. The second-order valence-corrected chi connectivity index (χ2v) is 8.94. The molecule has 1 amide bonds. The highest BCUT2D eigenvalue weighted by atomic mass is 16.6. The Bertz CT molecular complexity index is 1020. The summed E-state index contributed by atoms with van der Waals surface area (Å²) in [5, 5.41) is 12.0. The first-order chi connectivity index (χ1) is 15.5. The van der Waals surface area contributed by atoms with Crippen LogP contribution in [0.15, 0.2) is 52.8 Å². The number of nitrogens with zero attached hydrogens (tertiary/aromatic N) is 3. The predicted octanol–water partition coefficient (Wildman–Crippen LogP) is 5.37. The van der Waals surface area contributed by atoms with Gasteiger partial charge < -0.3 is 10.1 Å². The summed E-state index contributed by atoms with van der Waals surface area (Å²) in [6.45, 7) is 6.62. The molecular weight excluding hydrogens is 400 g/mol. The number of ether oxygens (including phenoxy) is 1. The molecule has 3 atom stereocenters. The number of pyridine rings is 1. The number of fused-ring (bicyclic) bond motifs is 1. The molecule has 6 heteroatoms. The maximum Gasteiger partial charge on any atom is 0.407 e. The number of nitrogens with one attached hydrogen (secondary N) is 1. The number of hydrogen-bond donors (Lipinski definition) is 1. The predicted molar refractivity (Wildman–Crippen MR) is 127 cm³/mol. The van der Waals surface area contributed by atoms with Crippen molar-refractivity contribution in [3.05, 3.63) is 65.0 Å². The van der Waals surface area contributed by atoms with Gasteiger partial charge in [-0.3, -0.25) is 4.98 Å². The van der Waals surface area contributed by atoms with Gasteiger partial charge in [-0.15, -0.1) is 0 Å². The first kappa shape index (κ1) is 22.2. The molecular formula is C26H32N4O2. The van der Waals surface area contributed by atoms with Crippen molar-refractivity contribution < 1.29 is 9.53 Å². The van der Waals surface area contributed by atoms with Crippen LogP contribution >= 0.6 is 0 Å². The molecule has 1 saturated carbocycles. The lowest BCUT2D eigenvalue weighted by Crippen LogP contribution is -2.44. The zero-order chi connectivity index (χ0) is 22.5. The maximum atomic E-state index is 12.8. The van der Waals surface area contributed by atoms with Gasteiger partial charge in [-0.05, 0) is 63.3 Å². The third-order valence-corrected chi connectivity index (χ3v) is 6.61. The third kappa shape index (κ3) is 5.06. The van der Waals surface area contributed by atoms with Crippen LogP contribution in [0.25, 0.3) is 0 Å². The van der Waals surface area contributed by atoms with E-state index in [4.69, 9.17) is 4.74 Å². The Labute approximate surface area is 190 Å². The molecule has 32 heavy (non-hydrogen) atoms. The Morgan fingerprint density at radius 2 is 1.91 bits per heavy atom. The van der Waals surface area contributed by atoms with Crippen molar-refractivity contribution in [2.24, 2.45) is 22.0 Å². The van der Waals surface area contributed by atoms with E-state index in [0.717, 1.165) is 54.8 Å². The Kier molecular flexibility index (Phi) is 6.98. The largest absolute Gasteiger partial charge is 0.446 e. The molecule has 1 aliphatic heterocycles. The first-order valence-electron chi connectivity index (χ1n) is 11.6. The minimum Gasteiger partial charge on any atom is -0.446 e. The number of benzene rings is 1. The SMILES string of the molecule is CC1=NN=C(c2ccccn2)C2C(OC(=O)NCc3ccc(C)cc3C)CCCCCC12. The Morgan fingerprint density at radius 1 is 1.06 bits per heavy atom. The van der Waals surface area contributed by atoms with Crippen molar-refractivity contribution >= 4 is 17.5 Å². The van der Waals surface area contributed by atoms with Crippen LogP contribution in [0, 0.1) is 25.7 Å². The fraction of sp³-hybridized carbons (Fsp3) is 0.462. The van der Waals surface area contributed by atoms with Gasteiger partial charge >= 0.3 is 6.09 Å². The number of carbonyl (C=O) groups excluding carboxylic acids is 1. The van der Waals surface area contributed by atoms with Gasteiger partial charge in [0.2, 0.25) is 0 Å². The summed E-state index contributed by atoms with van der Waals surface area (Å²) in [5.41, 5.74) is 6.13. The Balaban J connectivity index is 1.53. The van der Waals surface area contributed by atoms with Crippen molar-refractivity contribution in [1.29, 1.82) is 0 Å². The van der Waals surface area contributed by atoms with E-state index in [1.54, 1.807) is 6.20 Å². The molecule has 1 aromatic heterocycles. The number of rotatable bonds is 4. The van der Waals surface area contributed by atoms with Crippen LogP contribution < -0.4 is 5.32 Å². The van der Waals surface area contributed by atoms with E-state index >= 15 is 0 Å². The van der Waals surface area contributed by atoms with Gasteiger partial charge in [0, 0.05) is 24.4 Å². The lowest BCUT2D eigenvalue weighted by molar-refractivity contribution is 0.0575. The summed E-state index contributed by atoms with van der Waals surface area (Å²) in [4.78, 5) is 17.4. The normalized spacial score (nSPS) is 23.2. The van der Waals surface area contributed by atoms with E-state index in [9.17, 15) is 4.79 Å². The monoisotopic (exact) mass is 432 g/mol. The standard InChI is InChI=1S/C26H32N4O2/c1-17-12-13-20(18(2)15-17)16-28-26(31)32-23-11-6-4-5-9-21-19(3)29-30-25(24(21)23)22-10-7-8-14-27-22/h7-8,10,12-15,21,23-24H,4-6,9,11,16H2,1-3H3,(H,28,31). The molecule has 168 valence electrons. The van der Waals surface area contributed by atoms with Crippen LogP contribution in [-0.2, 0) is 11.3 Å². The molecule has 2 aromatic rings. The molecule has 1 aromatic carbocycles. The van der Waals surface area contributed by atoms with Crippen molar-refractivity contribution in [1.82, 2.24) is 10.3 Å². The zero-order valence-corrected chi connectivity index (χ0v) is 19.2. The first-order valence-corrected chi connectivity index (χ1v) is 11.6. The van der Waals surface area contributed by atoms with E-state index < -0.39 is 0 Å². The molecule has 1 fully saturated rings. The van der Waals surface area contributed by atoms with Gasteiger partial charge in [0.15, 0.2) is 0 Å². The highest BCUT2D eigenvalue weighted by Gasteiger charge is 2.41. The lowest BCUT2D eigenvalue weighted by atomic mass is 9.73. The van der Waals surface area contributed by atoms with Crippen LogP contribution in [0.1, 0.15) is 61.4 Å². The van der Waals surface area contributed by atoms with Crippen molar-refractivity contribution in [3.8, 4) is 0 Å². The fourth-order valence-corrected chi connectivity index (χ4v) is 4.87. The van der Waals surface area contributed by atoms with Crippen molar-refractivity contribution in [2.45, 2.75) is 65.5 Å². The summed E-state index contributed by atoms with van der Waals surface area (Å²) in [6.07, 6.45) is 6.29. The fourth-order valence-electron chi connectivity index (χ4n) is 4.87. The second kappa shape index (κ2) is 10.1. The number of aryl methyl sites for hydroxylation is 2. The topological polar surface area (TPSA) is 75.9 Å². The molecule has 0 saturated heterocycles. The van der Waals surface area contributed by atoms with Crippen molar-refractivity contribution in [3.63, 3.8) is 0 Å². The number of hydrogen-bond acceptors (Lipinski definition) is 5. The number of aromatic nitrogens is 1. The molecule has 2 heterocycles. The minimum absolute atomic E-state index is 0.0328. The molecule has 6 nitrogen and oxygen atoms in total. The van der Waals surface area contributed by atoms with Crippen LogP contribution in [0.4, 0.5) is 4.79 Å². The van der Waals surface area contributed by atoms with Crippen LogP contribution in [0.2, 0.25) is 0 Å². The molecule has 0 bridgehead atoms. The van der Waals surface area contributed by atoms with Gasteiger partial charge in [0.1, 0.15) is 6.10 Å². The smallest absolute Gasteiger partial charge is 0.407 e. The van der Waals surface area contributed by atoms with Crippen molar-refractivity contribution in [2.75, 3.05) is 0 Å². The van der Waals surface area contributed by atoms with Crippen LogP contribution in [0.3, 0.4) is 0 Å². The summed E-state index contributed by atoms with van der Waals surface area (Å²) >= 11 is 0. The summed E-state index contributed by atoms with van der Waals surface area (Å²) in [6, 6.07) is 12.1. The Hall–Kier alpha value is -3.02. The number of alkyl carbamates (subject to hydrolysis) is 1. The lowest BCUT2D eigenvalue weighted by Gasteiger charge is -2.37. The summed E-state index contributed by atoms with van der Waals surface area (Å²) in [7, 11) is 0. The van der Waals surface area contributed by atoms with Gasteiger partial charge in [-0.25, -0.2) is 4.79 Å². The molecule has 3 unspecified atom stereocenters. The molecule has 0 radical (unpaired) electrons. The number of amides is 1. The Morgan fingerprint density at radius 3 is 2.69 bits per heavy atom. The molecule has 1 N–H and O–H groups in total. The van der Waals surface area contributed by atoms with Gasteiger partial charge in [-0.1, -0.05) is 42.7 Å². The van der Waals surface area contributed by atoms with Gasteiger partial charge in [0.25, 0.3) is 0 Å². The molecule has 4 rings (SSSR count). The zero-order valence-electron chi connectivity index (χ0n) is 19.2. The number of carbonyl (C=O) groups is 1. The summed E-state index contributed by atoms with van der Waals surface area (Å²) < 4.78 is 6.07. The quantitative estimate of drug-likeness (QED) is 0.706. The second-order valence-electron chi connectivity index (χ2n) is 8.94. The highest BCUT2D eigenvalue weighted by Crippen LogP contribution is 2.36. The van der Waals surface area contributed by atoms with E-state index in [2.05, 4.69) is 52.6 Å². The van der Waals surface area contributed by atoms with E-state index in [1.165, 1.54) is 11.1 Å². The average molecular weight is 433 g/mol. The third-order valence-electron chi connectivity index (χ3n) is 6.61.